The van der Waals surface area contributed by atoms with Crippen LogP contribution < -0.4 is 4.72 Å². The molecular weight excluding hydrogens is 262 g/mol. The van der Waals surface area contributed by atoms with Gasteiger partial charge >= 0.3 is 0 Å². The first-order chi connectivity index (χ1) is 7.99. The van der Waals surface area contributed by atoms with Crippen LogP contribution >= 0.6 is 11.6 Å². The normalized spacial score (nSPS) is 17.2. The summed E-state index contributed by atoms with van der Waals surface area (Å²) in [5.41, 5.74) is 0.143. The highest BCUT2D eigenvalue weighted by molar-refractivity contribution is 7.93. The molecule has 0 unspecified atom stereocenters. The second-order valence-corrected chi connectivity index (χ2v) is 6.61. The largest absolute Gasteiger partial charge is 0.506 e. The monoisotopic (exact) mass is 275 g/mol. The standard InChI is InChI=1S/C11H14ClNO3S/c12-8-5-6-11(14)10(7-8)13-17(15,16)9-3-1-2-4-9/h5-7,9,13-14H,1-4H2. The summed E-state index contributed by atoms with van der Waals surface area (Å²) in [7, 11) is -3.42. The smallest absolute Gasteiger partial charge is 0.235 e. The van der Waals surface area contributed by atoms with Crippen LogP contribution in [0.1, 0.15) is 25.7 Å². The van der Waals surface area contributed by atoms with Gasteiger partial charge in [-0.3, -0.25) is 4.72 Å². The second-order valence-electron chi connectivity index (χ2n) is 4.22. The van der Waals surface area contributed by atoms with Gasteiger partial charge < -0.3 is 5.11 Å². The van der Waals surface area contributed by atoms with E-state index in [0.29, 0.717) is 17.9 Å². The Morgan fingerprint density at radius 2 is 1.94 bits per heavy atom. The molecule has 0 spiro atoms. The van der Waals surface area contributed by atoms with E-state index in [1.54, 1.807) is 0 Å². The van der Waals surface area contributed by atoms with Crippen molar-refractivity contribution < 1.29 is 13.5 Å². The molecule has 0 bridgehead atoms. The molecular formula is C11H14ClNO3S. The van der Waals surface area contributed by atoms with Crippen LogP contribution in [0.2, 0.25) is 5.02 Å². The van der Waals surface area contributed by atoms with E-state index in [4.69, 9.17) is 11.6 Å². The summed E-state index contributed by atoms with van der Waals surface area (Å²) in [4.78, 5) is 0. The first kappa shape index (κ1) is 12.5. The number of aromatic hydroxyl groups is 1. The van der Waals surface area contributed by atoms with Crippen molar-refractivity contribution in [3.05, 3.63) is 23.2 Å². The zero-order chi connectivity index (χ0) is 12.5. The van der Waals surface area contributed by atoms with Crippen molar-refractivity contribution in [3.63, 3.8) is 0 Å². The SMILES string of the molecule is O=S(=O)(Nc1cc(Cl)ccc1O)C1CCCC1. The Kier molecular flexibility index (Phi) is 3.49. The fraction of sp³-hybridized carbons (Fsp3) is 0.455. The lowest BCUT2D eigenvalue weighted by Gasteiger charge is -2.14. The minimum absolute atomic E-state index is 0.115. The Bertz CT molecular complexity index is 509. The van der Waals surface area contributed by atoms with Crippen molar-refractivity contribution in [1.29, 1.82) is 0 Å². The van der Waals surface area contributed by atoms with E-state index in [-0.39, 0.29) is 16.7 Å². The van der Waals surface area contributed by atoms with Gasteiger partial charge in [0.25, 0.3) is 0 Å². The molecule has 17 heavy (non-hydrogen) atoms. The fourth-order valence-corrected chi connectivity index (χ4v) is 3.79. The van der Waals surface area contributed by atoms with Gasteiger partial charge in [0.15, 0.2) is 0 Å². The van der Waals surface area contributed by atoms with Crippen molar-refractivity contribution >= 4 is 27.3 Å². The van der Waals surface area contributed by atoms with Crippen LogP contribution in [0.15, 0.2) is 18.2 Å². The molecule has 0 amide bonds. The molecule has 1 aliphatic rings. The summed E-state index contributed by atoms with van der Waals surface area (Å²) >= 11 is 5.76. The number of sulfonamides is 1. The molecule has 94 valence electrons. The fourth-order valence-electron chi connectivity index (χ4n) is 2.03. The molecule has 1 fully saturated rings. The number of phenolic OH excluding ortho intramolecular Hbond substituents is 1. The lowest BCUT2D eigenvalue weighted by Crippen LogP contribution is -2.25. The average molecular weight is 276 g/mol. The van der Waals surface area contributed by atoms with Gasteiger partial charge in [-0.1, -0.05) is 24.4 Å². The molecule has 1 aliphatic carbocycles. The molecule has 6 heteroatoms. The summed E-state index contributed by atoms with van der Waals surface area (Å²) in [5.74, 6) is -0.115. The molecule has 0 heterocycles. The van der Waals surface area contributed by atoms with Gasteiger partial charge in [-0.05, 0) is 31.0 Å². The number of phenols is 1. The van der Waals surface area contributed by atoms with Gasteiger partial charge in [-0.15, -0.1) is 0 Å². The molecule has 0 saturated heterocycles. The van der Waals surface area contributed by atoms with Crippen molar-refractivity contribution in [3.8, 4) is 5.75 Å². The molecule has 0 aromatic heterocycles. The van der Waals surface area contributed by atoms with Crippen LogP contribution in [0.25, 0.3) is 0 Å². The maximum Gasteiger partial charge on any atom is 0.235 e. The highest BCUT2D eigenvalue weighted by Crippen LogP contribution is 2.31. The lowest BCUT2D eigenvalue weighted by atomic mass is 10.3. The highest BCUT2D eigenvalue weighted by atomic mass is 35.5. The number of hydrogen-bond donors (Lipinski definition) is 2. The van der Waals surface area contributed by atoms with Crippen LogP contribution in [-0.4, -0.2) is 18.8 Å². The van der Waals surface area contributed by atoms with Gasteiger partial charge in [0.2, 0.25) is 10.0 Å². The van der Waals surface area contributed by atoms with Crippen LogP contribution in [0.5, 0.6) is 5.75 Å². The topological polar surface area (TPSA) is 66.4 Å². The van der Waals surface area contributed by atoms with E-state index >= 15 is 0 Å². The van der Waals surface area contributed by atoms with E-state index in [1.165, 1.54) is 18.2 Å². The predicted octanol–water partition coefficient (Wildman–Crippen LogP) is 2.73. The zero-order valence-corrected chi connectivity index (χ0v) is 10.8. The van der Waals surface area contributed by atoms with E-state index in [1.807, 2.05) is 0 Å². The van der Waals surface area contributed by atoms with Crippen molar-refractivity contribution in [2.45, 2.75) is 30.9 Å². The molecule has 0 atom stereocenters. The minimum Gasteiger partial charge on any atom is -0.506 e. The van der Waals surface area contributed by atoms with E-state index in [2.05, 4.69) is 4.72 Å². The number of benzene rings is 1. The number of hydrogen-bond acceptors (Lipinski definition) is 3. The van der Waals surface area contributed by atoms with Crippen LogP contribution in [0.4, 0.5) is 5.69 Å². The first-order valence-electron chi connectivity index (χ1n) is 5.49. The predicted molar refractivity (Wildman–Crippen MR) is 67.9 cm³/mol. The number of nitrogens with one attached hydrogen (secondary N) is 1. The van der Waals surface area contributed by atoms with Crippen LogP contribution in [-0.2, 0) is 10.0 Å². The van der Waals surface area contributed by atoms with Crippen LogP contribution in [0, 0.1) is 0 Å². The second kappa shape index (κ2) is 4.74. The van der Waals surface area contributed by atoms with Gasteiger partial charge in [0, 0.05) is 5.02 Å². The maximum atomic E-state index is 12.0. The third-order valence-electron chi connectivity index (χ3n) is 2.95. The first-order valence-corrected chi connectivity index (χ1v) is 7.41. The Morgan fingerprint density at radius 3 is 2.59 bits per heavy atom. The third kappa shape index (κ3) is 2.84. The van der Waals surface area contributed by atoms with Crippen LogP contribution in [0.3, 0.4) is 0 Å². The molecule has 1 saturated carbocycles. The molecule has 2 N–H and O–H groups in total. The van der Waals surface area contributed by atoms with Gasteiger partial charge in [0.05, 0.1) is 10.9 Å². The average Bonchev–Trinajstić information content (AvgIpc) is 2.77. The zero-order valence-electron chi connectivity index (χ0n) is 9.19. The number of halogens is 1. The van der Waals surface area contributed by atoms with Crippen molar-refractivity contribution in [1.82, 2.24) is 0 Å². The molecule has 0 radical (unpaired) electrons. The summed E-state index contributed by atoms with van der Waals surface area (Å²) in [6.07, 6.45) is 3.23. The summed E-state index contributed by atoms with van der Waals surface area (Å²) in [5, 5.41) is 9.58. The third-order valence-corrected chi connectivity index (χ3v) is 5.04. The molecule has 0 aliphatic heterocycles. The lowest BCUT2D eigenvalue weighted by molar-refractivity contribution is 0.477. The van der Waals surface area contributed by atoms with E-state index < -0.39 is 10.0 Å². The quantitative estimate of drug-likeness (QED) is 0.834. The Balaban J connectivity index is 2.22. The van der Waals surface area contributed by atoms with E-state index in [9.17, 15) is 13.5 Å². The Morgan fingerprint density at radius 1 is 1.29 bits per heavy atom. The summed E-state index contributed by atoms with van der Waals surface area (Å²) in [6, 6.07) is 4.28. The molecule has 1 aromatic carbocycles. The van der Waals surface area contributed by atoms with Gasteiger partial charge in [-0.2, -0.15) is 0 Å². The Hall–Kier alpha value is -0.940. The van der Waals surface area contributed by atoms with Gasteiger partial charge in [0.1, 0.15) is 5.75 Å². The highest BCUT2D eigenvalue weighted by Gasteiger charge is 2.29. The summed E-state index contributed by atoms with van der Waals surface area (Å²) < 4.78 is 26.4. The number of anilines is 1. The maximum absolute atomic E-state index is 12.0. The number of rotatable bonds is 3. The molecule has 1 aromatic rings. The molecule has 2 rings (SSSR count). The van der Waals surface area contributed by atoms with E-state index in [0.717, 1.165) is 12.8 Å². The minimum atomic E-state index is -3.42. The Labute approximate surface area is 106 Å². The summed E-state index contributed by atoms with van der Waals surface area (Å²) in [6.45, 7) is 0. The van der Waals surface area contributed by atoms with Gasteiger partial charge in [-0.25, -0.2) is 8.42 Å². The molecule has 4 nitrogen and oxygen atoms in total. The van der Waals surface area contributed by atoms with Crippen molar-refractivity contribution in [2.24, 2.45) is 0 Å². The van der Waals surface area contributed by atoms with Crippen molar-refractivity contribution in [2.75, 3.05) is 4.72 Å².